The number of aromatic nitrogens is 2. The van der Waals surface area contributed by atoms with Gasteiger partial charge < -0.3 is 18.5 Å². The molecule has 0 saturated carbocycles. The Morgan fingerprint density at radius 2 is 2.00 bits per heavy atom. The van der Waals surface area contributed by atoms with Crippen LogP contribution in [0.25, 0.3) is 0 Å². The van der Waals surface area contributed by atoms with Crippen molar-refractivity contribution in [2.75, 3.05) is 19.0 Å². The number of nitrogens with zero attached hydrogens (tertiary/aromatic N) is 1. The Bertz CT molecular complexity index is 1210. The molecule has 0 unspecified atom stereocenters. The summed E-state index contributed by atoms with van der Waals surface area (Å²) in [6.45, 7) is 6.38. The number of thioether (sulfide) groups is 1. The van der Waals surface area contributed by atoms with Crippen molar-refractivity contribution in [3.8, 4) is 0 Å². The van der Waals surface area contributed by atoms with Gasteiger partial charge in [-0.25, -0.2) is 14.3 Å². The van der Waals surface area contributed by atoms with Crippen LogP contribution in [0.4, 0.5) is 8.78 Å². The van der Waals surface area contributed by atoms with Crippen LogP contribution in [-0.4, -0.2) is 63.0 Å². The standard InChI is InChI=1S/C22H33ClF2N3O8PS2/c1-12(2)35-17(30)13(3)27-37(38,33-7-8-39-19(31)21(4,5)6)34-11-14-9-22(23,25)18(36-14)28-10-15(24)16(29)26-20(28)32/h10,12-14,18H,7-9,11H2,1-6H3,(H,27,38)(H,26,29,32)/t13-,14-,18+,22-,37-/m0/s1. The van der Waals surface area contributed by atoms with Gasteiger partial charge in [-0.05, 0) is 32.6 Å². The minimum atomic E-state index is -3.45. The lowest BCUT2D eigenvalue weighted by atomic mass is 10.00. The van der Waals surface area contributed by atoms with Gasteiger partial charge in [0.2, 0.25) is 10.9 Å². The zero-order valence-electron chi connectivity index (χ0n) is 22.3. The van der Waals surface area contributed by atoms with Gasteiger partial charge in [0.05, 0.1) is 31.6 Å². The van der Waals surface area contributed by atoms with Gasteiger partial charge in [0, 0.05) is 17.6 Å². The van der Waals surface area contributed by atoms with Gasteiger partial charge in [0.25, 0.3) is 12.2 Å². The van der Waals surface area contributed by atoms with Gasteiger partial charge in [0.15, 0.2) is 11.3 Å². The molecule has 222 valence electrons. The second kappa shape index (κ2) is 13.6. The van der Waals surface area contributed by atoms with Crippen molar-refractivity contribution in [3.63, 3.8) is 0 Å². The van der Waals surface area contributed by atoms with Crippen LogP contribution in [0.1, 0.15) is 54.2 Å². The fourth-order valence-electron chi connectivity index (χ4n) is 3.16. The fraction of sp³-hybridized carbons (Fsp3) is 0.727. The number of aromatic amines is 1. The third-order valence-electron chi connectivity index (χ3n) is 5.04. The number of hydrogen-bond donors (Lipinski definition) is 2. The highest BCUT2D eigenvalue weighted by Crippen LogP contribution is 2.48. The predicted octanol–water partition coefficient (Wildman–Crippen LogP) is 3.36. The third kappa shape index (κ3) is 9.99. The van der Waals surface area contributed by atoms with Crippen LogP contribution in [0.2, 0.25) is 0 Å². The van der Waals surface area contributed by atoms with Crippen molar-refractivity contribution in [2.45, 2.75) is 77.6 Å². The number of carbonyl (C=O) groups is 2. The minimum absolute atomic E-state index is 0.00847. The molecule has 17 heteroatoms. The van der Waals surface area contributed by atoms with Crippen LogP contribution in [-0.2, 0) is 39.9 Å². The molecule has 5 atom stereocenters. The summed E-state index contributed by atoms with van der Waals surface area (Å²) >= 11 is 12.6. The van der Waals surface area contributed by atoms with E-state index < -0.39 is 65.0 Å². The predicted molar refractivity (Wildman–Crippen MR) is 146 cm³/mol. The molecule has 2 heterocycles. The van der Waals surface area contributed by atoms with E-state index in [1.54, 1.807) is 39.6 Å². The second-order valence-corrected chi connectivity index (χ2v) is 15.0. The summed E-state index contributed by atoms with van der Waals surface area (Å²) in [5.41, 5.74) is -2.95. The molecule has 2 N–H and O–H groups in total. The summed E-state index contributed by atoms with van der Waals surface area (Å²) in [6.07, 6.45) is -3.21. The maximum Gasteiger partial charge on any atom is 0.330 e. The van der Waals surface area contributed by atoms with Crippen LogP contribution in [0.3, 0.4) is 0 Å². The average molecular weight is 636 g/mol. The fourth-order valence-corrected chi connectivity index (χ4v) is 6.78. The minimum Gasteiger partial charge on any atom is -0.462 e. The first-order chi connectivity index (χ1) is 17.8. The van der Waals surface area contributed by atoms with Crippen LogP contribution in [0, 0.1) is 11.2 Å². The zero-order valence-corrected chi connectivity index (χ0v) is 25.6. The molecule has 0 radical (unpaired) electrons. The SMILES string of the molecule is CC(C)OC(=O)[C@H](C)N[P@](=S)(OCCSC(=O)C(C)(C)C)OC[C@@H]1C[C@@](F)(Cl)[C@H](n2cc(F)c(=O)[nH]c2=O)O1. The van der Waals surface area contributed by atoms with E-state index in [2.05, 4.69) is 5.09 Å². The molecule has 0 aliphatic carbocycles. The van der Waals surface area contributed by atoms with Gasteiger partial charge in [-0.2, -0.15) is 4.39 Å². The topological polar surface area (TPSA) is 138 Å². The van der Waals surface area contributed by atoms with Crippen molar-refractivity contribution in [1.82, 2.24) is 14.6 Å². The first-order valence-corrected chi connectivity index (χ1v) is 15.9. The largest absolute Gasteiger partial charge is 0.462 e. The van der Waals surface area contributed by atoms with E-state index in [9.17, 15) is 23.6 Å². The molecule has 0 aromatic carbocycles. The second-order valence-electron chi connectivity index (χ2n) is 10.1. The van der Waals surface area contributed by atoms with E-state index in [0.717, 1.165) is 11.8 Å². The summed E-state index contributed by atoms with van der Waals surface area (Å²) < 4.78 is 51.7. The van der Waals surface area contributed by atoms with Gasteiger partial charge in [0.1, 0.15) is 6.04 Å². The molecule has 1 aliphatic rings. The van der Waals surface area contributed by atoms with Crippen molar-refractivity contribution >= 4 is 52.9 Å². The normalized spacial score (nSPS) is 23.9. The first-order valence-electron chi connectivity index (χ1n) is 11.9. The smallest absolute Gasteiger partial charge is 0.330 e. The lowest BCUT2D eigenvalue weighted by Crippen LogP contribution is -2.38. The molecule has 0 spiro atoms. The first kappa shape index (κ1) is 34.0. The molecule has 11 nitrogen and oxygen atoms in total. The molecule has 1 fully saturated rings. The average Bonchev–Trinajstić information content (AvgIpc) is 3.10. The lowest BCUT2D eigenvalue weighted by molar-refractivity contribution is -0.149. The maximum absolute atomic E-state index is 15.2. The number of hydrogen-bond acceptors (Lipinski definition) is 10. The van der Waals surface area contributed by atoms with Gasteiger partial charge in [-0.15, -0.1) is 0 Å². The lowest BCUT2D eigenvalue weighted by Gasteiger charge is -2.27. The Balaban J connectivity index is 2.13. The number of halogens is 3. The molecule has 1 aromatic rings. The Labute approximate surface area is 238 Å². The molecule has 1 aliphatic heterocycles. The van der Waals surface area contributed by atoms with Crippen molar-refractivity contribution in [1.29, 1.82) is 0 Å². The van der Waals surface area contributed by atoms with Crippen LogP contribution in [0.5, 0.6) is 0 Å². The number of esters is 1. The molecule has 2 rings (SSSR count). The summed E-state index contributed by atoms with van der Waals surface area (Å²) in [6, 6.07) is -0.935. The summed E-state index contributed by atoms with van der Waals surface area (Å²) in [7, 11) is 0. The van der Waals surface area contributed by atoms with E-state index >= 15 is 4.39 Å². The van der Waals surface area contributed by atoms with Gasteiger partial charge in [-0.3, -0.25) is 23.9 Å². The number of nitrogens with one attached hydrogen (secondary N) is 2. The van der Waals surface area contributed by atoms with Crippen LogP contribution >= 0.6 is 30.0 Å². The van der Waals surface area contributed by atoms with E-state index in [-0.39, 0.29) is 30.2 Å². The van der Waals surface area contributed by atoms with E-state index in [1.165, 1.54) is 6.92 Å². The molecule has 39 heavy (non-hydrogen) atoms. The molecule has 1 saturated heterocycles. The maximum atomic E-state index is 15.2. The van der Waals surface area contributed by atoms with Crippen molar-refractivity contribution < 1.29 is 36.9 Å². The number of carbonyl (C=O) groups excluding carboxylic acids is 2. The molecule has 1 aromatic heterocycles. The van der Waals surface area contributed by atoms with Crippen molar-refractivity contribution in [3.05, 3.63) is 32.9 Å². The number of alkyl halides is 2. The third-order valence-corrected chi connectivity index (χ3v) is 9.29. The Hall–Kier alpha value is -1.19. The molecule has 0 amide bonds. The molecule has 0 bridgehead atoms. The summed E-state index contributed by atoms with van der Waals surface area (Å²) in [5, 5.41) is 0.105. The highest BCUT2D eigenvalue weighted by molar-refractivity contribution is 8.13. The highest BCUT2D eigenvalue weighted by Gasteiger charge is 2.50. The number of H-pyrrole nitrogens is 1. The van der Waals surface area contributed by atoms with Crippen LogP contribution < -0.4 is 16.3 Å². The van der Waals surface area contributed by atoms with Crippen molar-refractivity contribution in [2.24, 2.45) is 5.41 Å². The van der Waals surface area contributed by atoms with E-state index in [4.69, 9.17) is 41.9 Å². The monoisotopic (exact) mass is 635 g/mol. The molecular weight excluding hydrogens is 603 g/mol. The number of ether oxygens (including phenoxy) is 2. The Kier molecular flexibility index (Phi) is 11.9. The Morgan fingerprint density at radius 1 is 1.36 bits per heavy atom. The van der Waals surface area contributed by atoms with Gasteiger partial charge in [-0.1, -0.05) is 44.1 Å². The quantitative estimate of drug-likeness (QED) is 0.151. The number of rotatable bonds is 12. The summed E-state index contributed by atoms with van der Waals surface area (Å²) in [4.78, 5) is 49.7. The zero-order chi connectivity index (χ0) is 29.8. The van der Waals surface area contributed by atoms with Crippen LogP contribution in [0.15, 0.2) is 15.8 Å². The Morgan fingerprint density at radius 3 is 2.59 bits per heavy atom. The highest BCUT2D eigenvalue weighted by atomic mass is 35.5. The summed E-state index contributed by atoms with van der Waals surface area (Å²) in [5.74, 6) is -1.69. The molecular formula is C22H33ClF2N3O8PS2. The van der Waals surface area contributed by atoms with E-state index in [0.29, 0.717) is 10.8 Å². The van der Waals surface area contributed by atoms with Gasteiger partial charge >= 0.3 is 11.7 Å². The van der Waals surface area contributed by atoms with E-state index in [1.807, 2.05) is 0 Å².